The second kappa shape index (κ2) is 8.41. The van der Waals surface area contributed by atoms with Crippen LogP contribution >= 0.6 is 0 Å². The summed E-state index contributed by atoms with van der Waals surface area (Å²) >= 11 is 0. The van der Waals surface area contributed by atoms with E-state index in [1.807, 2.05) is 6.07 Å². The fraction of sp³-hybridized carbons (Fsp3) is 0.560. The van der Waals surface area contributed by atoms with E-state index in [-0.39, 0.29) is 10.9 Å². The predicted octanol–water partition coefficient (Wildman–Crippen LogP) is 7.00. The largest absolute Gasteiger partial charge is 0.465 e. The van der Waals surface area contributed by atoms with Crippen LogP contribution in [0.15, 0.2) is 24.3 Å². The highest BCUT2D eigenvalue weighted by atomic mass is 19.1. The molecule has 2 saturated carbocycles. The highest BCUT2D eigenvalue weighted by molar-refractivity contribution is 5.96. The fourth-order valence-corrected chi connectivity index (χ4v) is 5.86. The van der Waals surface area contributed by atoms with Crippen molar-refractivity contribution in [2.24, 2.45) is 17.8 Å². The number of carbonyl (C=O) groups is 1. The van der Waals surface area contributed by atoms with E-state index in [2.05, 4.69) is 11.7 Å². The summed E-state index contributed by atoms with van der Waals surface area (Å²) in [5.41, 5.74) is 0.741. The molecule has 2 nitrogen and oxygen atoms in total. The molecule has 4 atom stereocenters. The molecule has 2 fully saturated rings. The maximum Gasteiger partial charge on any atom is 0.340 e. The van der Waals surface area contributed by atoms with Crippen molar-refractivity contribution in [3.63, 3.8) is 0 Å². The summed E-state index contributed by atoms with van der Waals surface area (Å²) in [6.45, 7) is 2.27. The quantitative estimate of drug-likeness (QED) is 0.516. The molecule has 0 heterocycles. The molecule has 0 spiro atoms. The first-order chi connectivity index (χ1) is 14.0. The van der Waals surface area contributed by atoms with Crippen molar-refractivity contribution < 1.29 is 18.3 Å². The minimum atomic E-state index is -0.837. The highest BCUT2D eigenvalue weighted by Crippen LogP contribution is 2.48. The number of halogens is 2. The van der Waals surface area contributed by atoms with E-state index in [0.29, 0.717) is 11.3 Å². The Balaban J connectivity index is 1.57. The lowest BCUT2D eigenvalue weighted by Crippen LogP contribution is -2.30. The molecule has 0 saturated heterocycles. The second-order valence-electron chi connectivity index (χ2n) is 9.02. The average Bonchev–Trinajstić information content (AvgIpc) is 2.73. The normalized spacial score (nSPS) is 26.9. The zero-order chi connectivity index (χ0) is 20.5. The van der Waals surface area contributed by atoms with Crippen LogP contribution in [-0.2, 0) is 4.74 Å². The van der Waals surface area contributed by atoms with Crippen molar-refractivity contribution in [1.29, 1.82) is 0 Å². The van der Waals surface area contributed by atoms with Crippen LogP contribution in [0.25, 0.3) is 10.8 Å². The molecule has 29 heavy (non-hydrogen) atoms. The SMILES string of the molecule is CCCC1CC[C@@H]2CC(c3cc(F)c4c(F)c(C(=O)OC)ccc4c3)CC[C@H]2C1. The van der Waals surface area contributed by atoms with Crippen molar-refractivity contribution in [1.82, 2.24) is 0 Å². The standard InChI is InChI=1S/C25H30F2O2/c1-3-4-15-5-6-17-12-18(8-7-16(17)11-15)20-13-19-9-10-21(25(28)29-2)24(27)23(19)22(26)14-20/h9-10,13-18H,3-8,11-12H2,1-2H3/t15?,16-,17+,18?/m0/s1. The molecule has 0 N–H and O–H groups in total. The maximum absolute atomic E-state index is 14.9. The molecule has 2 aliphatic carbocycles. The van der Waals surface area contributed by atoms with Gasteiger partial charge in [-0.25, -0.2) is 13.6 Å². The molecule has 2 aliphatic rings. The van der Waals surface area contributed by atoms with Gasteiger partial charge < -0.3 is 4.74 Å². The molecule has 0 bridgehead atoms. The van der Waals surface area contributed by atoms with Gasteiger partial charge in [0.15, 0.2) is 0 Å². The van der Waals surface area contributed by atoms with Gasteiger partial charge in [0.2, 0.25) is 0 Å². The van der Waals surface area contributed by atoms with E-state index >= 15 is 0 Å². The number of fused-ring (bicyclic) bond motifs is 2. The Labute approximate surface area is 171 Å². The summed E-state index contributed by atoms with van der Waals surface area (Å²) in [5.74, 6) is 0.570. The Bertz CT molecular complexity index is 907. The predicted molar refractivity (Wildman–Crippen MR) is 111 cm³/mol. The van der Waals surface area contributed by atoms with Crippen molar-refractivity contribution in [2.75, 3.05) is 7.11 Å². The number of hydrogen-bond donors (Lipinski definition) is 0. The summed E-state index contributed by atoms with van der Waals surface area (Å²) < 4.78 is 34.2. The average molecular weight is 401 g/mol. The number of ether oxygens (including phenoxy) is 1. The third kappa shape index (κ3) is 3.91. The van der Waals surface area contributed by atoms with E-state index in [1.54, 1.807) is 6.07 Å². The number of carbonyl (C=O) groups excluding carboxylic acids is 1. The van der Waals surface area contributed by atoms with Crippen molar-refractivity contribution >= 4 is 16.7 Å². The van der Waals surface area contributed by atoms with Crippen LogP contribution in [0.3, 0.4) is 0 Å². The third-order valence-electron chi connectivity index (χ3n) is 7.32. The van der Waals surface area contributed by atoms with Gasteiger partial charge in [0.1, 0.15) is 11.6 Å². The molecule has 2 unspecified atom stereocenters. The van der Waals surface area contributed by atoms with Gasteiger partial charge in [-0.15, -0.1) is 0 Å². The lowest BCUT2D eigenvalue weighted by Gasteiger charge is -2.42. The van der Waals surface area contributed by atoms with Gasteiger partial charge in [-0.05, 0) is 78.9 Å². The Morgan fingerprint density at radius 1 is 1.07 bits per heavy atom. The number of rotatable bonds is 4. The van der Waals surface area contributed by atoms with E-state index in [0.717, 1.165) is 36.2 Å². The van der Waals surface area contributed by atoms with Gasteiger partial charge in [0.25, 0.3) is 0 Å². The first kappa shape index (κ1) is 20.3. The van der Waals surface area contributed by atoms with Crippen molar-refractivity contribution in [3.8, 4) is 0 Å². The molecule has 156 valence electrons. The number of hydrogen-bond acceptors (Lipinski definition) is 2. The van der Waals surface area contributed by atoms with Crippen LogP contribution in [0, 0.1) is 29.4 Å². The summed E-state index contributed by atoms with van der Waals surface area (Å²) in [4.78, 5) is 11.7. The Morgan fingerprint density at radius 3 is 2.59 bits per heavy atom. The monoisotopic (exact) mass is 400 g/mol. The molecule has 0 amide bonds. The molecule has 0 radical (unpaired) electrons. The smallest absolute Gasteiger partial charge is 0.340 e. The molecule has 2 aromatic carbocycles. The zero-order valence-corrected chi connectivity index (χ0v) is 17.3. The van der Waals surface area contributed by atoms with Gasteiger partial charge >= 0.3 is 5.97 Å². The Kier molecular flexibility index (Phi) is 5.89. The van der Waals surface area contributed by atoms with Crippen LogP contribution < -0.4 is 0 Å². The van der Waals surface area contributed by atoms with Crippen LogP contribution in [0.2, 0.25) is 0 Å². The molecule has 4 rings (SSSR count). The summed E-state index contributed by atoms with van der Waals surface area (Å²) in [5, 5.41) is 0.393. The van der Waals surface area contributed by atoms with Crippen molar-refractivity contribution in [2.45, 2.75) is 64.2 Å². The molecule has 2 aromatic rings. The Hall–Kier alpha value is -1.97. The van der Waals surface area contributed by atoms with Gasteiger partial charge in [0, 0.05) is 0 Å². The molecule has 0 aliphatic heterocycles. The van der Waals surface area contributed by atoms with Gasteiger partial charge in [-0.2, -0.15) is 0 Å². The first-order valence-electron chi connectivity index (χ1n) is 11.0. The number of methoxy groups -OCH3 is 1. The van der Waals surface area contributed by atoms with Gasteiger partial charge in [-0.1, -0.05) is 38.3 Å². The molecular formula is C25H30F2O2. The summed E-state index contributed by atoms with van der Waals surface area (Å²) in [6, 6.07) is 6.41. The fourth-order valence-electron chi connectivity index (χ4n) is 5.86. The topological polar surface area (TPSA) is 26.3 Å². The minimum absolute atomic E-state index is 0.120. The number of esters is 1. The van der Waals surface area contributed by atoms with E-state index in [1.165, 1.54) is 57.8 Å². The molecule has 0 aromatic heterocycles. The lowest BCUT2D eigenvalue weighted by atomic mass is 9.63. The van der Waals surface area contributed by atoms with Gasteiger partial charge in [0.05, 0.1) is 18.1 Å². The van der Waals surface area contributed by atoms with Crippen molar-refractivity contribution in [3.05, 3.63) is 47.0 Å². The van der Waals surface area contributed by atoms with Crippen LogP contribution in [0.5, 0.6) is 0 Å². The number of benzene rings is 2. The third-order valence-corrected chi connectivity index (χ3v) is 7.32. The highest BCUT2D eigenvalue weighted by Gasteiger charge is 2.36. The van der Waals surface area contributed by atoms with E-state index in [4.69, 9.17) is 0 Å². The first-order valence-corrected chi connectivity index (χ1v) is 11.0. The van der Waals surface area contributed by atoms with E-state index in [9.17, 15) is 13.6 Å². The van der Waals surface area contributed by atoms with Gasteiger partial charge in [-0.3, -0.25) is 0 Å². The van der Waals surface area contributed by atoms with E-state index < -0.39 is 17.6 Å². The second-order valence-corrected chi connectivity index (χ2v) is 9.02. The lowest BCUT2D eigenvalue weighted by molar-refractivity contribution is 0.0596. The Morgan fingerprint density at radius 2 is 1.83 bits per heavy atom. The summed E-state index contributed by atoms with van der Waals surface area (Å²) in [6.07, 6.45) is 10.00. The van der Waals surface area contributed by atoms with Crippen LogP contribution in [-0.4, -0.2) is 13.1 Å². The summed E-state index contributed by atoms with van der Waals surface area (Å²) in [7, 11) is 1.19. The van der Waals surface area contributed by atoms with Crippen LogP contribution in [0.1, 0.15) is 80.1 Å². The maximum atomic E-state index is 14.9. The molecular weight excluding hydrogens is 370 g/mol. The van der Waals surface area contributed by atoms with Crippen LogP contribution in [0.4, 0.5) is 8.78 Å². The minimum Gasteiger partial charge on any atom is -0.465 e. The zero-order valence-electron chi connectivity index (χ0n) is 17.3. The molecule has 4 heteroatoms.